The van der Waals surface area contributed by atoms with E-state index in [1.54, 1.807) is 7.11 Å². The highest BCUT2D eigenvalue weighted by Gasteiger charge is 2.21. The third-order valence-corrected chi connectivity index (χ3v) is 11.8. The predicted octanol–water partition coefficient (Wildman–Crippen LogP) is 10.9. The zero-order valence-corrected chi connectivity index (χ0v) is 34.3. The Bertz CT molecular complexity index is 2870. The highest BCUT2D eigenvalue weighted by molar-refractivity contribution is 6.24. The molecule has 0 radical (unpaired) electrons. The molecule has 0 fully saturated rings. The number of hydrogen-bond acceptors (Lipinski definition) is 8. The number of carbonyl (C=O) groups excluding carboxylic acids is 1. The second kappa shape index (κ2) is 16.6. The van der Waals surface area contributed by atoms with Gasteiger partial charge in [0.15, 0.2) is 0 Å². The van der Waals surface area contributed by atoms with Gasteiger partial charge in [-0.05, 0) is 161 Å². The Labute approximate surface area is 348 Å². The Hall–Kier alpha value is -6.03. The van der Waals surface area contributed by atoms with E-state index in [-0.39, 0.29) is 44.4 Å². The molecular weight excluding hydrogens is 753 g/mol. The Morgan fingerprint density at radius 2 is 0.850 bits per heavy atom. The first-order valence-corrected chi connectivity index (χ1v) is 20.5. The molecule has 2 N–H and O–H groups in total. The molecule has 9 aromatic rings. The van der Waals surface area contributed by atoms with Gasteiger partial charge in [-0.1, -0.05) is 55.5 Å². The fourth-order valence-corrected chi connectivity index (χ4v) is 9.07. The lowest BCUT2D eigenvalue weighted by atomic mass is 9.92. The highest BCUT2D eigenvalue weighted by atomic mass is 16.5. The molecule has 0 spiro atoms. The van der Waals surface area contributed by atoms with E-state index in [0.717, 1.165) is 76.5 Å². The van der Waals surface area contributed by atoms with Gasteiger partial charge in [0, 0.05) is 11.1 Å². The first-order chi connectivity index (χ1) is 29.2. The Morgan fingerprint density at radius 1 is 0.500 bits per heavy atom. The molecule has 0 aliphatic rings. The topological polar surface area (TPSA) is 104 Å². The zero-order valence-electron chi connectivity index (χ0n) is 34.3. The molecule has 0 aliphatic heterocycles. The van der Waals surface area contributed by atoms with Crippen LogP contribution in [-0.4, -0.2) is 36.5 Å². The Balaban J connectivity index is 0.950. The normalized spacial score (nSPS) is 13.0. The number of carbonyl (C=O) groups is 1. The van der Waals surface area contributed by atoms with Crippen LogP contribution in [-0.2, 0) is 58.6 Å². The van der Waals surface area contributed by atoms with Gasteiger partial charge in [-0.25, -0.2) is 0 Å². The van der Waals surface area contributed by atoms with Crippen LogP contribution in [0.25, 0.3) is 64.6 Å². The molecular formula is C52H48O8. The van der Waals surface area contributed by atoms with Gasteiger partial charge in [-0.3, -0.25) is 4.79 Å². The molecule has 9 rings (SSSR count). The standard InChI is InChI=1S/C52H48O8/c1-30(52(55)57-4)13-31(2)60-47-23-44(28-58-26-34-18-40-9-5-36-14-32(24-53)15-37-6-10-41(19-34)50(40)48(36)37)46(56-3)22-45(47)29-59-27-35-20-42-11-7-38-16-33(25-54)17-39-8-12-43(21-35)51(42)49(38)39/h5-12,14-23,30-31,53-54H,13,24-29H2,1-4H3. The fourth-order valence-electron chi connectivity index (χ4n) is 9.07. The fraction of sp³-hybridized carbons (Fsp3) is 0.250. The second-order valence-electron chi connectivity index (χ2n) is 16.1. The molecule has 2 unspecified atom stereocenters. The molecule has 0 bridgehead atoms. The van der Waals surface area contributed by atoms with Crippen molar-refractivity contribution >= 4 is 70.6 Å². The van der Waals surface area contributed by atoms with Crippen molar-refractivity contribution in [3.63, 3.8) is 0 Å². The number of ether oxygens (including phenoxy) is 5. The van der Waals surface area contributed by atoms with E-state index in [1.807, 2.05) is 26.0 Å². The average molecular weight is 801 g/mol. The van der Waals surface area contributed by atoms with Gasteiger partial charge < -0.3 is 33.9 Å². The average Bonchev–Trinajstić information content (AvgIpc) is 3.26. The van der Waals surface area contributed by atoms with Crippen molar-refractivity contribution in [1.82, 2.24) is 0 Å². The number of rotatable bonds is 16. The minimum atomic E-state index is -0.330. The van der Waals surface area contributed by atoms with E-state index >= 15 is 0 Å². The maximum absolute atomic E-state index is 12.3. The zero-order chi connectivity index (χ0) is 41.5. The van der Waals surface area contributed by atoms with Crippen LogP contribution >= 0.6 is 0 Å². The Morgan fingerprint density at radius 3 is 1.20 bits per heavy atom. The van der Waals surface area contributed by atoms with Crippen LogP contribution in [0.5, 0.6) is 11.5 Å². The molecule has 8 heteroatoms. The molecule has 0 aromatic heterocycles. The molecule has 0 aliphatic carbocycles. The van der Waals surface area contributed by atoms with E-state index in [1.165, 1.54) is 28.7 Å². The number of esters is 1. The molecule has 8 nitrogen and oxygen atoms in total. The van der Waals surface area contributed by atoms with Crippen LogP contribution in [0.4, 0.5) is 0 Å². The first-order valence-electron chi connectivity index (χ1n) is 20.5. The number of aliphatic hydroxyl groups is 2. The van der Waals surface area contributed by atoms with Crippen molar-refractivity contribution in [1.29, 1.82) is 0 Å². The van der Waals surface area contributed by atoms with E-state index in [2.05, 4.69) is 97.1 Å². The summed E-state index contributed by atoms with van der Waals surface area (Å²) in [5.41, 5.74) is 5.58. The predicted molar refractivity (Wildman–Crippen MR) is 238 cm³/mol. The summed E-state index contributed by atoms with van der Waals surface area (Å²) in [5.74, 6) is 0.706. The van der Waals surface area contributed by atoms with Crippen molar-refractivity contribution in [3.8, 4) is 11.5 Å². The summed E-state index contributed by atoms with van der Waals surface area (Å²) >= 11 is 0. The third-order valence-electron chi connectivity index (χ3n) is 11.8. The molecule has 0 saturated carbocycles. The molecule has 304 valence electrons. The monoisotopic (exact) mass is 800 g/mol. The summed E-state index contributed by atoms with van der Waals surface area (Å²) in [6.45, 7) is 5.16. The smallest absolute Gasteiger partial charge is 0.308 e. The lowest BCUT2D eigenvalue weighted by Gasteiger charge is -2.22. The van der Waals surface area contributed by atoms with Gasteiger partial charge in [-0.2, -0.15) is 0 Å². The number of hydrogen-bond donors (Lipinski definition) is 2. The van der Waals surface area contributed by atoms with Crippen molar-refractivity contribution in [2.24, 2.45) is 5.92 Å². The lowest BCUT2D eigenvalue weighted by Crippen LogP contribution is -2.22. The van der Waals surface area contributed by atoms with Gasteiger partial charge in [0.25, 0.3) is 0 Å². The molecule has 60 heavy (non-hydrogen) atoms. The van der Waals surface area contributed by atoms with Crippen molar-refractivity contribution in [3.05, 3.63) is 143 Å². The van der Waals surface area contributed by atoms with Crippen LogP contribution in [0, 0.1) is 5.92 Å². The SMILES string of the molecule is COC(=O)C(C)CC(C)Oc1cc(COCc2cc3ccc4cc(CO)cc5ccc(c2)c3c45)c(OC)cc1COCc1cc2ccc3cc(CO)cc4ccc(c1)c2c34. The molecule has 0 saturated heterocycles. The summed E-state index contributed by atoms with van der Waals surface area (Å²) in [6, 6.07) is 38.0. The summed E-state index contributed by atoms with van der Waals surface area (Å²) < 4.78 is 30.3. The lowest BCUT2D eigenvalue weighted by molar-refractivity contribution is -0.145. The van der Waals surface area contributed by atoms with Crippen LogP contribution in [0.2, 0.25) is 0 Å². The maximum Gasteiger partial charge on any atom is 0.308 e. The third kappa shape index (κ3) is 7.52. The molecule has 0 amide bonds. The summed E-state index contributed by atoms with van der Waals surface area (Å²) in [6.07, 6.45) is 0.191. The second-order valence-corrected chi connectivity index (χ2v) is 16.1. The van der Waals surface area contributed by atoms with Gasteiger partial charge in [0.2, 0.25) is 0 Å². The summed E-state index contributed by atoms with van der Waals surface area (Å²) in [4.78, 5) is 12.3. The van der Waals surface area contributed by atoms with Gasteiger partial charge in [0.1, 0.15) is 11.5 Å². The number of methoxy groups -OCH3 is 2. The van der Waals surface area contributed by atoms with Crippen molar-refractivity contribution < 1.29 is 38.7 Å². The van der Waals surface area contributed by atoms with Crippen LogP contribution in [0.15, 0.2) is 109 Å². The van der Waals surface area contributed by atoms with Crippen molar-refractivity contribution in [2.75, 3.05) is 14.2 Å². The number of benzene rings is 9. The number of aliphatic hydroxyl groups excluding tert-OH is 2. The van der Waals surface area contributed by atoms with Crippen molar-refractivity contribution in [2.45, 2.75) is 66.0 Å². The van der Waals surface area contributed by atoms with Crippen LogP contribution in [0.3, 0.4) is 0 Å². The molecule has 2 atom stereocenters. The molecule has 0 heterocycles. The largest absolute Gasteiger partial charge is 0.496 e. The quantitative estimate of drug-likeness (QED) is 0.0735. The van der Waals surface area contributed by atoms with Gasteiger partial charge in [-0.15, -0.1) is 0 Å². The van der Waals surface area contributed by atoms with E-state index < -0.39 is 0 Å². The summed E-state index contributed by atoms with van der Waals surface area (Å²) in [7, 11) is 3.06. The van der Waals surface area contributed by atoms with E-state index in [0.29, 0.717) is 31.1 Å². The summed E-state index contributed by atoms with van der Waals surface area (Å²) in [5, 5.41) is 33.5. The van der Waals surface area contributed by atoms with Gasteiger partial charge >= 0.3 is 5.97 Å². The maximum atomic E-state index is 12.3. The minimum Gasteiger partial charge on any atom is -0.496 e. The minimum absolute atomic E-state index is 0.0112. The van der Waals surface area contributed by atoms with E-state index in [9.17, 15) is 15.0 Å². The Kier molecular flexibility index (Phi) is 10.9. The van der Waals surface area contributed by atoms with Crippen LogP contribution < -0.4 is 9.47 Å². The highest BCUT2D eigenvalue weighted by Crippen LogP contribution is 2.39. The van der Waals surface area contributed by atoms with Gasteiger partial charge in [0.05, 0.1) is 65.9 Å². The van der Waals surface area contributed by atoms with Crippen LogP contribution in [0.1, 0.15) is 53.6 Å². The van der Waals surface area contributed by atoms with E-state index in [4.69, 9.17) is 23.7 Å². The first kappa shape index (κ1) is 39.4. The molecule has 9 aromatic carbocycles.